The highest BCUT2D eigenvalue weighted by atomic mass is 32.1. The predicted octanol–water partition coefficient (Wildman–Crippen LogP) is 4.65. The molecule has 2 N–H and O–H groups in total. The van der Waals surface area contributed by atoms with Crippen molar-refractivity contribution in [1.82, 2.24) is 0 Å². The third-order valence-electron chi connectivity index (χ3n) is 3.75. The molecular formula is C17H23NOS. The van der Waals surface area contributed by atoms with E-state index in [4.69, 9.17) is 10.5 Å². The van der Waals surface area contributed by atoms with E-state index in [1.165, 1.54) is 16.0 Å². The Morgan fingerprint density at radius 3 is 2.40 bits per heavy atom. The molecule has 0 fully saturated rings. The predicted molar refractivity (Wildman–Crippen MR) is 86.6 cm³/mol. The fourth-order valence-electron chi connectivity index (χ4n) is 2.20. The van der Waals surface area contributed by atoms with E-state index in [1.54, 1.807) is 11.3 Å². The third-order valence-corrected chi connectivity index (χ3v) is 4.86. The summed E-state index contributed by atoms with van der Waals surface area (Å²) in [4.78, 5) is 1.22. The van der Waals surface area contributed by atoms with Gasteiger partial charge in [0.05, 0.1) is 0 Å². The molecule has 20 heavy (non-hydrogen) atoms. The normalized spacial score (nSPS) is 14.0. The van der Waals surface area contributed by atoms with Crippen molar-refractivity contribution in [2.45, 2.75) is 39.2 Å². The van der Waals surface area contributed by atoms with Crippen molar-refractivity contribution in [3.8, 4) is 5.75 Å². The molecule has 0 spiro atoms. The molecule has 2 aromatic rings. The lowest BCUT2D eigenvalue weighted by Gasteiger charge is -2.18. The maximum Gasteiger partial charge on any atom is 0.145 e. The number of nitrogens with two attached hydrogens (primary N) is 1. The number of rotatable bonds is 6. The highest BCUT2D eigenvalue weighted by Gasteiger charge is 2.15. The fourth-order valence-corrected chi connectivity index (χ4v) is 3.17. The van der Waals surface area contributed by atoms with Crippen molar-refractivity contribution in [2.24, 2.45) is 5.73 Å². The molecule has 0 aliphatic rings. The lowest BCUT2D eigenvalue weighted by molar-refractivity contribution is 0.217. The Morgan fingerprint density at radius 2 is 1.90 bits per heavy atom. The van der Waals surface area contributed by atoms with Crippen molar-refractivity contribution in [3.05, 3.63) is 51.7 Å². The molecule has 1 aromatic carbocycles. The zero-order chi connectivity index (χ0) is 14.5. The van der Waals surface area contributed by atoms with Crippen LogP contribution in [0, 0.1) is 6.92 Å². The van der Waals surface area contributed by atoms with E-state index in [1.807, 2.05) is 12.1 Å². The number of hydrogen-bond donors (Lipinski definition) is 1. The zero-order valence-electron chi connectivity index (χ0n) is 12.4. The molecular weight excluding hydrogens is 266 g/mol. The minimum absolute atomic E-state index is 0.0514. The molecule has 0 aliphatic carbocycles. The topological polar surface area (TPSA) is 35.2 Å². The van der Waals surface area contributed by atoms with Crippen molar-refractivity contribution in [3.63, 3.8) is 0 Å². The maximum atomic E-state index is 6.04. The summed E-state index contributed by atoms with van der Waals surface area (Å²) in [6.45, 7) is 7.05. The smallest absolute Gasteiger partial charge is 0.145 e. The van der Waals surface area contributed by atoms with Crippen LogP contribution in [0.3, 0.4) is 0 Å². The molecule has 2 rings (SSSR count). The van der Waals surface area contributed by atoms with Gasteiger partial charge in [0.1, 0.15) is 11.9 Å². The van der Waals surface area contributed by atoms with Crippen LogP contribution in [-0.4, -0.2) is 6.54 Å². The van der Waals surface area contributed by atoms with E-state index in [-0.39, 0.29) is 6.10 Å². The van der Waals surface area contributed by atoms with Gasteiger partial charge in [0, 0.05) is 11.4 Å². The van der Waals surface area contributed by atoms with Crippen LogP contribution < -0.4 is 10.5 Å². The molecule has 2 unspecified atom stereocenters. The number of hydrogen-bond acceptors (Lipinski definition) is 3. The summed E-state index contributed by atoms with van der Waals surface area (Å²) >= 11 is 1.71. The van der Waals surface area contributed by atoms with E-state index in [0.29, 0.717) is 12.5 Å². The van der Waals surface area contributed by atoms with Gasteiger partial charge in [0.25, 0.3) is 0 Å². The van der Waals surface area contributed by atoms with Crippen molar-refractivity contribution >= 4 is 11.3 Å². The summed E-state index contributed by atoms with van der Waals surface area (Å²) in [6.07, 6.45) is 1.10. The Labute approximate surface area is 125 Å². The van der Waals surface area contributed by atoms with Crippen LogP contribution >= 0.6 is 11.3 Å². The third kappa shape index (κ3) is 3.41. The monoisotopic (exact) mass is 289 g/mol. The summed E-state index contributed by atoms with van der Waals surface area (Å²) in [5.41, 5.74) is 8.47. The Morgan fingerprint density at radius 1 is 1.20 bits per heavy atom. The van der Waals surface area contributed by atoms with Gasteiger partial charge >= 0.3 is 0 Å². The molecule has 2 atom stereocenters. The van der Waals surface area contributed by atoms with E-state index >= 15 is 0 Å². The first-order valence-electron chi connectivity index (χ1n) is 7.16. The number of thiophene rings is 1. The highest BCUT2D eigenvalue weighted by molar-refractivity contribution is 7.10. The van der Waals surface area contributed by atoms with Gasteiger partial charge in [-0.25, -0.2) is 0 Å². The van der Waals surface area contributed by atoms with Crippen LogP contribution in [0.2, 0.25) is 0 Å². The van der Waals surface area contributed by atoms with Crippen LogP contribution in [0.5, 0.6) is 5.75 Å². The van der Waals surface area contributed by atoms with Gasteiger partial charge in [-0.2, -0.15) is 0 Å². The van der Waals surface area contributed by atoms with Crippen LogP contribution in [-0.2, 0) is 0 Å². The minimum Gasteiger partial charge on any atom is -0.484 e. The van der Waals surface area contributed by atoms with Gasteiger partial charge in [-0.1, -0.05) is 26.0 Å². The average Bonchev–Trinajstić information content (AvgIpc) is 2.90. The first-order chi connectivity index (χ1) is 9.65. The standard InChI is InChI=1S/C17H23NOS/c1-4-12(2)14-5-7-15(8-6-14)19-16(11-18)17-13(3)9-10-20-17/h5-10,12,16H,4,11,18H2,1-3H3. The lowest BCUT2D eigenvalue weighted by Crippen LogP contribution is -2.18. The lowest BCUT2D eigenvalue weighted by atomic mass is 9.99. The molecule has 1 heterocycles. The molecule has 3 heteroatoms. The summed E-state index contributed by atoms with van der Waals surface area (Å²) in [5, 5.41) is 2.09. The van der Waals surface area contributed by atoms with E-state index < -0.39 is 0 Å². The molecule has 2 nitrogen and oxygen atoms in total. The quantitative estimate of drug-likeness (QED) is 0.840. The number of aryl methyl sites for hydroxylation is 1. The SMILES string of the molecule is CCC(C)c1ccc(OC(CN)c2sccc2C)cc1. The molecule has 0 saturated carbocycles. The fraction of sp³-hybridized carbons (Fsp3) is 0.412. The Kier molecular flexibility index (Phi) is 5.21. The summed E-state index contributed by atoms with van der Waals surface area (Å²) in [7, 11) is 0. The van der Waals surface area contributed by atoms with Crippen LogP contribution in [0.15, 0.2) is 35.7 Å². The van der Waals surface area contributed by atoms with Gasteiger partial charge in [-0.05, 0) is 54.0 Å². The first kappa shape index (κ1) is 15.1. The summed E-state index contributed by atoms with van der Waals surface area (Å²) < 4.78 is 6.04. The molecule has 108 valence electrons. The molecule has 0 bridgehead atoms. The summed E-state index contributed by atoms with van der Waals surface area (Å²) in [6, 6.07) is 10.5. The van der Waals surface area contributed by atoms with Gasteiger partial charge in [0.15, 0.2) is 0 Å². The van der Waals surface area contributed by atoms with Gasteiger partial charge in [-0.15, -0.1) is 11.3 Å². The zero-order valence-corrected chi connectivity index (χ0v) is 13.2. The Hall–Kier alpha value is -1.32. The van der Waals surface area contributed by atoms with Gasteiger partial charge in [0.2, 0.25) is 0 Å². The second kappa shape index (κ2) is 6.91. The average molecular weight is 289 g/mol. The van der Waals surface area contributed by atoms with E-state index in [9.17, 15) is 0 Å². The van der Waals surface area contributed by atoms with E-state index in [2.05, 4.69) is 44.4 Å². The minimum atomic E-state index is -0.0514. The van der Waals surface area contributed by atoms with Crippen molar-refractivity contribution in [2.75, 3.05) is 6.54 Å². The Bertz CT molecular complexity index is 532. The van der Waals surface area contributed by atoms with Crippen molar-refractivity contribution in [1.29, 1.82) is 0 Å². The molecule has 0 amide bonds. The van der Waals surface area contributed by atoms with E-state index in [0.717, 1.165) is 12.2 Å². The molecule has 0 radical (unpaired) electrons. The highest BCUT2D eigenvalue weighted by Crippen LogP contribution is 2.29. The second-order valence-corrected chi connectivity index (χ2v) is 6.14. The first-order valence-corrected chi connectivity index (χ1v) is 8.04. The van der Waals surface area contributed by atoms with Crippen LogP contribution in [0.25, 0.3) is 0 Å². The van der Waals surface area contributed by atoms with Gasteiger partial charge in [-0.3, -0.25) is 0 Å². The Balaban J connectivity index is 2.10. The number of benzene rings is 1. The molecule has 1 aromatic heterocycles. The molecule has 0 aliphatic heterocycles. The number of ether oxygens (including phenoxy) is 1. The van der Waals surface area contributed by atoms with Crippen LogP contribution in [0.1, 0.15) is 48.3 Å². The largest absolute Gasteiger partial charge is 0.484 e. The van der Waals surface area contributed by atoms with Crippen LogP contribution in [0.4, 0.5) is 0 Å². The maximum absolute atomic E-state index is 6.04. The van der Waals surface area contributed by atoms with Gasteiger partial charge < -0.3 is 10.5 Å². The second-order valence-electron chi connectivity index (χ2n) is 5.19. The summed E-state index contributed by atoms with van der Waals surface area (Å²) in [5.74, 6) is 1.48. The molecule has 0 saturated heterocycles. The van der Waals surface area contributed by atoms with Crippen molar-refractivity contribution < 1.29 is 4.74 Å².